The van der Waals surface area contributed by atoms with E-state index in [1.54, 1.807) is 17.0 Å². The van der Waals surface area contributed by atoms with Gasteiger partial charge in [0.1, 0.15) is 11.9 Å². The zero-order valence-electron chi connectivity index (χ0n) is 18.5. The predicted octanol–water partition coefficient (Wildman–Crippen LogP) is 5.03. The second-order valence-electron chi connectivity index (χ2n) is 8.35. The molecular weight excluding hydrogens is 449 g/mol. The van der Waals surface area contributed by atoms with Crippen molar-refractivity contribution >= 4 is 39.6 Å². The Balaban J connectivity index is 1.33. The van der Waals surface area contributed by atoms with Crippen LogP contribution in [0.15, 0.2) is 78.3 Å². The van der Waals surface area contributed by atoms with Crippen LogP contribution in [0.5, 0.6) is 0 Å². The van der Waals surface area contributed by atoms with Crippen LogP contribution in [0.1, 0.15) is 27.2 Å². The van der Waals surface area contributed by atoms with Crippen molar-refractivity contribution < 1.29 is 14.0 Å². The maximum atomic E-state index is 13.5. The molecule has 1 unspecified atom stereocenters. The van der Waals surface area contributed by atoms with Crippen LogP contribution in [0.25, 0.3) is 16.5 Å². The molecule has 1 atom stereocenters. The number of hydrogen-bond donors (Lipinski definition) is 2. The van der Waals surface area contributed by atoms with E-state index in [-0.39, 0.29) is 17.6 Å². The molecule has 4 aromatic rings. The second kappa shape index (κ2) is 9.65. The number of fused-ring (bicyclic) bond motifs is 1. The van der Waals surface area contributed by atoms with Crippen molar-refractivity contribution in [3.63, 3.8) is 0 Å². The largest absolute Gasteiger partial charge is 0.360 e. The Morgan fingerprint density at radius 1 is 1.12 bits per heavy atom. The molecule has 0 radical (unpaired) electrons. The molecular formula is C27H24FN3O2S. The van der Waals surface area contributed by atoms with E-state index in [4.69, 9.17) is 0 Å². The molecule has 0 spiro atoms. The van der Waals surface area contributed by atoms with Gasteiger partial charge in [0, 0.05) is 42.2 Å². The van der Waals surface area contributed by atoms with E-state index in [2.05, 4.69) is 10.3 Å². The fraction of sp³-hybridized carbons (Fsp3) is 0.185. The molecule has 0 saturated carbocycles. The van der Waals surface area contributed by atoms with Gasteiger partial charge in [-0.15, -0.1) is 11.3 Å². The van der Waals surface area contributed by atoms with Gasteiger partial charge in [-0.3, -0.25) is 9.59 Å². The highest BCUT2D eigenvalue weighted by Gasteiger charge is 2.28. The smallest absolute Gasteiger partial charge is 0.262 e. The average Bonchev–Trinajstić information content (AvgIpc) is 3.54. The summed E-state index contributed by atoms with van der Waals surface area (Å²) in [4.78, 5) is 31.7. The molecule has 0 bridgehead atoms. The van der Waals surface area contributed by atoms with Crippen LogP contribution in [0.2, 0.25) is 0 Å². The van der Waals surface area contributed by atoms with E-state index in [0.717, 1.165) is 27.6 Å². The maximum Gasteiger partial charge on any atom is 0.262 e. The number of aromatic amines is 1. The van der Waals surface area contributed by atoms with Gasteiger partial charge in [-0.2, -0.15) is 0 Å². The van der Waals surface area contributed by atoms with E-state index >= 15 is 0 Å². The second-order valence-corrected chi connectivity index (χ2v) is 9.30. The molecule has 2 amide bonds. The number of amides is 2. The quantitative estimate of drug-likeness (QED) is 0.413. The lowest BCUT2D eigenvalue weighted by Crippen LogP contribution is -2.50. The molecule has 2 aromatic carbocycles. The standard InChI is InChI=1S/C27H24FN3O2S/c28-20-8-9-21-22(17-29-23(21)16-20)19-10-12-31(13-11-19)27(33)24(15-18-5-2-1-3-6-18)30-26(32)25-7-4-14-34-25/h1-10,14,16-17,24,29H,11-13,15H2,(H,30,32). The van der Waals surface area contributed by atoms with Crippen molar-refractivity contribution in [2.24, 2.45) is 0 Å². The minimum absolute atomic E-state index is 0.0925. The van der Waals surface area contributed by atoms with Gasteiger partial charge in [-0.25, -0.2) is 4.39 Å². The number of hydrogen-bond acceptors (Lipinski definition) is 3. The molecule has 2 aromatic heterocycles. The Morgan fingerprint density at radius 2 is 1.97 bits per heavy atom. The molecule has 5 rings (SSSR count). The highest BCUT2D eigenvalue weighted by Crippen LogP contribution is 2.30. The maximum absolute atomic E-state index is 13.5. The van der Waals surface area contributed by atoms with E-state index in [1.807, 2.05) is 54.1 Å². The fourth-order valence-electron chi connectivity index (χ4n) is 4.39. The van der Waals surface area contributed by atoms with E-state index in [0.29, 0.717) is 30.8 Å². The molecule has 0 saturated heterocycles. The SMILES string of the molecule is O=C(NC(Cc1ccccc1)C(=O)N1CC=C(c2c[nH]c3cc(F)ccc23)CC1)c1cccs1. The molecule has 5 nitrogen and oxygen atoms in total. The number of rotatable bonds is 6. The van der Waals surface area contributed by atoms with Gasteiger partial charge in [0.2, 0.25) is 5.91 Å². The van der Waals surface area contributed by atoms with E-state index in [1.165, 1.54) is 23.5 Å². The summed E-state index contributed by atoms with van der Waals surface area (Å²) < 4.78 is 13.5. The Bertz CT molecular complexity index is 1340. The summed E-state index contributed by atoms with van der Waals surface area (Å²) in [5.74, 6) is -0.599. The molecule has 7 heteroatoms. The molecule has 1 aliphatic rings. The summed E-state index contributed by atoms with van der Waals surface area (Å²) in [5.41, 5.74) is 3.92. The number of nitrogens with zero attached hydrogens (tertiary/aromatic N) is 1. The monoisotopic (exact) mass is 473 g/mol. The van der Waals surface area contributed by atoms with E-state index in [9.17, 15) is 14.0 Å². The number of nitrogens with one attached hydrogen (secondary N) is 2. The van der Waals surface area contributed by atoms with Crippen molar-refractivity contribution in [3.8, 4) is 0 Å². The van der Waals surface area contributed by atoms with Crippen LogP contribution in [0, 0.1) is 5.82 Å². The van der Waals surface area contributed by atoms with Crippen LogP contribution >= 0.6 is 11.3 Å². The van der Waals surface area contributed by atoms with Gasteiger partial charge in [-0.1, -0.05) is 42.5 Å². The van der Waals surface area contributed by atoms with Crippen molar-refractivity contribution in [1.29, 1.82) is 0 Å². The fourth-order valence-corrected chi connectivity index (χ4v) is 5.01. The van der Waals surface area contributed by atoms with Gasteiger partial charge >= 0.3 is 0 Å². The highest BCUT2D eigenvalue weighted by molar-refractivity contribution is 7.12. The number of aromatic nitrogens is 1. The summed E-state index contributed by atoms with van der Waals surface area (Å²) in [6.45, 7) is 1.01. The van der Waals surface area contributed by atoms with Gasteiger partial charge in [0.15, 0.2) is 0 Å². The first-order valence-corrected chi connectivity index (χ1v) is 12.1. The minimum Gasteiger partial charge on any atom is -0.360 e. The molecule has 0 fully saturated rings. The average molecular weight is 474 g/mol. The minimum atomic E-state index is -0.650. The van der Waals surface area contributed by atoms with Crippen LogP contribution < -0.4 is 5.32 Å². The third-order valence-electron chi connectivity index (χ3n) is 6.14. The van der Waals surface area contributed by atoms with Gasteiger partial charge in [0.05, 0.1) is 4.88 Å². The van der Waals surface area contributed by atoms with Crippen LogP contribution in [-0.4, -0.2) is 40.8 Å². The molecule has 3 heterocycles. The zero-order chi connectivity index (χ0) is 23.5. The summed E-state index contributed by atoms with van der Waals surface area (Å²) in [5, 5.41) is 5.77. The normalized spacial score (nSPS) is 14.6. The van der Waals surface area contributed by atoms with Crippen LogP contribution in [0.3, 0.4) is 0 Å². The van der Waals surface area contributed by atoms with Crippen molar-refractivity contribution in [2.75, 3.05) is 13.1 Å². The number of H-pyrrole nitrogens is 1. The topological polar surface area (TPSA) is 65.2 Å². The number of carbonyl (C=O) groups is 2. The summed E-state index contributed by atoms with van der Waals surface area (Å²) in [7, 11) is 0. The van der Waals surface area contributed by atoms with Crippen molar-refractivity contribution in [3.05, 3.63) is 100 Å². The Kier molecular flexibility index (Phi) is 6.27. The van der Waals surface area contributed by atoms with Gasteiger partial charge < -0.3 is 15.2 Å². The Hall–Kier alpha value is -3.71. The third-order valence-corrected chi connectivity index (χ3v) is 7.01. The molecule has 34 heavy (non-hydrogen) atoms. The lowest BCUT2D eigenvalue weighted by Gasteiger charge is -2.30. The first-order valence-electron chi connectivity index (χ1n) is 11.2. The Morgan fingerprint density at radius 3 is 2.71 bits per heavy atom. The highest BCUT2D eigenvalue weighted by atomic mass is 32.1. The van der Waals surface area contributed by atoms with Crippen LogP contribution in [-0.2, 0) is 11.2 Å². The van der Waals surface area contributed by atoms with Crippen molar-refractivity contribution in [1.82, 2.24) is 15.2 Å². The summed E-state index contributed by atoms with van der Waals surface area (Å²) >= 11 is 1.35. The first-order chi connectivity index (χ1) is 16.6. The number of thiophene rings is 1. The summed E-state index contributed by atoms with van der Waals surface area (Å²) in [6, 6.07) is 17.4. The first kappa shape index (κ1) is 22.1. The number of benzene rings is 2. The predicted molar refractivity (Wildman–Crippen MR) is 133 cm³/mol. The molecule has 172 valence electrons. The molecule has 0 aliphatic carbocycles. The van der Waals surface area contributed by atoms with Gasteiger partial charge in [-0.05, 0) is 47.2 Å². The number of halogens is 1. The summed E-state index contributed by atoms with van der Waals surface area (Å²) in [6.07, 6.45) is 5.06. The lowest BCUT2D eigenvalue weighted by molar-refractivity contribution is -0.132. The van der Waals surface area contributed by atoms with Crippen molar-refractivity contribution in [2.45, 2.75) is 18.9 Å². The van der Waals surface area contributed by atoms with Crippen LogP contribution in [0.4, 0.5) is 4.39 Å². The van der Waals surface area contributed by atoms with Gasteiger partial charge in [0.25, 0.3) is 5.91 Å². The molecule has 2 N–H and O–H groups in total. The number of carbonyl (C=O) groups excluding carboxylic acids is 2. The lowest BCUT2D eigenvalue weighted by atomic mass is 9.98. The zero-order valence-corrected chi connectivity index (χ0v) is 19.3. The third kappa shape index (κ3) is 4.65. The Labute approximate surface area is 200 Å². The molecule has 1 aliphatic heterocycles. The van der Waals surface area contributed by atoms with E-state index < -0.39 is 6.04 Å².